The number of hydrogen-bond donors (Lipinski definition) is 1. The van der Waals surface area contributed by atoms with Crippen LogP contribution in [0.25, 0.3) is 0 Å². The van der Waals surface area contributed by atoms with Gasteiger partial charge in [-0.3, -0.25) is 0 Å². The van der Waals surface area contributed by atoms with Crippen molar-refractivity contribution in [2.75, 3.05) is 42.9 Å². The van der Waals surface area contributed by atoms with Crippen molar-refractivity contribution in [1.29, 1.82) is 0 Å². The van der Waals surface area contributed by atoms with Crippen LogP contribution in [0.4, 0.5) is 11.8 Å². The first-order valence-corrected chi connectivity index (χ1v) is 16.7. The van der Waals surface area contributed by atoms with Crippen LogP contribution in [-0.2, 0) is 23.0 Å². The van der Waals surface area contributed by atoms with Gasteiger partial charge in [-0.05, 0) is 63.7 Å². The highest BCUT2D eigenvalue weighted by molar-refractivity contribution is 7.89. The van der Waals surface area contributed by atoms with E-state index in [2.05, 4.69) is 15.1 Å². The normalized spacial score (nSPS) is 22.8. The number of nitrogens with zero attached hydrogens (tertiary/aromatic N) is 5. The van der Waals surface area contributed by atoms with Crippen LogP contribution in [0.5, 0.6) is 0 Å². The average molecular weight is 553 g/mol. The summed E-state index contributed by atoms with van der Waals surface area (Å²) in [5.41, 5.74) is 1.96. The van der Waals surface area contributed by atoms with Crippen molar-refractivity contribution in [3.05, 3.63) is 41.6 Å². The van der Waals surface area contributed by atoms with Crippen LogP contribution in [0.3, 0.4) is 0 Å². The van der Waals surface area contributed by atoms with Crippen molar-refractivity contribution in [1.82, 2.24) is 19.2 Å². The molecule has 4 heterocycles. The zero-order valence-electron chi connectivity index (χ0n) is 23.2. The van der Waals surface area contributed by atoms with E-state index in [-0.39, 0.29) is 0 Å². The van der Waals surface area contributed by atoms with Gasteiger partial charge in [0.2, 0.25) is 16.0 Å². The molecule has 9 heteroatoms. The molecule has 39 heavy (non-hydrogen) atoms. The summed E-state index contributed by atoms with van der Waals surface area (Å²) in [4.78, 5) is 15.6. The van der Waals surface area contributed by atoms with Crippen molar-refractivity contribution in [3.8, 4) is 0 Å². The SMILES string of the molecule is O=S(=O)(c1ccccc1)N1CCc2nc(N3CCC(N4CCCCC4)CC3)nc(NC3CCCCCC3)c2C1. The highest BCUT2D eigenvalue weighted by atomic mass is 32.2. The standard InChI is InChI=1S/C30H44N6O2S/c37-39(38,26-13-7-3-8-14-26)36-22-17-28-27(23-36)29(31-24-11-5-1-2-6-12-24)33-30(32-28)35-20-15-25(16-21-35)34-18-9-4-10-19-34/h3,7-8,13-14,24-25H,1-2,4-6,9-12,15-23H2,(H,31,32,33). The molecule has 2 saturated heterocycles. The van der Waals surface area contributed by atoms with Gasteiger partial charge >= 0.3 is 0 Å². The lowest BCUT2D eigenvalue weighted by Crippen LogP contribution is -2.47. The highest BCUT2D eigenvalue weighted by Gasteiger charge is 2.33. The molecule has 2 aromatic rings. The number of sulfonamides is 1. The number of nitrogens with one attached hydrogen (secondary N) is 1. The third kappa shape index (κ3) is 6.10. The molecule has 1 aromatic carbocycles. The second kappa shape index (κ2) is 12.1. The topological polar surface area (TPSA) is 81.7 Å². The number of fused-ring (bicyclic) bond motifs is 1. The molecule has 1 aromatic heterocycles. The molecular formula is C30H44N6O2S. The lowest BCUT2D eigenvalue weighted by Gasteiger charge is -2.40. The number of benzene rings is 1. The molecule has 1 saturated carbocycles. The van der Waals surface area contributed by atoms with Crippen LogP contribution in [-0.4, -0.2) is 72.4 Å². The fraction of sp³-hybridized carbons (Fsp3) is 0.667. The van der Waals surface area contributed by atoms with Gasteiger partial charge in [-0.2, -0.15) is 9.29 Å². The lowest BCUT2D eigenvalue weighted by molar-refractivity contribution is 0.141. The van der Waals surface area contributed by atoms with Crippen LogP contribution < -0.4 is 10.2 Å². The van der Waals surface area contributed by atoms with Gasteiger partial charge in [-0.15, -0.1) is 0 Å². The maximum Gasteiger partial charge on any atom is 0.243 e. The van der Waals surface area contributed by atoms with Gasteiger partial charge in [0.25, 0.3) is 0 Å². The quantitative estimate of drug-likeness (QED) is 0.515. The van der Waals surface area contributed by atoms with E-state index in [4.69, 9.17) is 9.97 Å². The number of aromatic nitrogens is 2. The van der Waals surface area contributed by atoms with E-state index >= 15 is 0 Å². The maximum atomic E-state index is 13.5. The monoisotopic (exact) mass is 552 g/mol. The predicted molar refractivity (Wildman–Crippen MR) is 156 cm³/mol. The van der Waals surface area contributed by atoms with Crippen molar-refractivity contribution in [3.63, 3.8) is 0 Å². The van der Waals surface area contributed by atoms with Crippen molar-refractivity contribution >= 4 is 21.8 Å². The summed E-state index contributed by atoms with van der Waals surface area (Å²) in [6.45, 7) is 5.23. The van der Waals surface area contributed by atoms with Crippen molar-refractivity contribution in [2.45, 2.75) is 101 Å². The Labute approximate surface area is 234 Å². The van der Waals surface area contributed by atoms with Gasteiger partial charge in [-0.1, -0.05) is 50.3 Å². The molecule has 1 aliphatic carbocycles. The summed E-state index contributed by atoms with van der Waals surface area (Å²) in [7, 11) is -3.57. The van der Waals surface area contributed by atoms with Crippen molar-refractivity contribution in [2.24, 2.45) is 0 Å². The highest BCUT2D eigenvalue weighted by Crippen LogP contribution is 2.32. The minimum Gasteiger partial charge on any atom is -0.367 e. The zero-order valence-corrected chi connectivity index (χ0v) is 24.0. The molecule has 0 unspecified atom stereocenters. The molecule has 1 N–H and O–H groups in total. The van der Waals surface area contributed by atoms with Crippen LogP contribution >= 0.6 is 0 Å². The summed E-state index contributed by atoms with van der Waals surface area (Å²) in [6, 6.07) is 9.85. The fourth-order valence-corrected chi connectivity index (χ4v) is 8.35. The van der Waals surface area contributed by atoms with E-state index < -0.39 is 10.0 Å². The Bertz CT molecular complexity index is 1200. The van der Waals surface area contributed by atoms with E-state index in [1.807, 2.05) is 6.07 Å². The predicted octanol–water partition coefficient (Wildman–Crippen LogP) is 4.81. The number of anilines is 2. The van der Waals surface area contributed by atoms with Crippen LogP contribution in [0.15, 0.2) is 35.2 Å². The Morgan fingerprint density at radius 1 is 0.769 bits per heavy atom. The fourth-order valence-electron chi connectivity index (χ4n) is 6.92. The van der Waals surface area contributed by atoms with E-state index in [1.54, 1.807) is 28.6 Å². The number of hydrogen-bond acceptors (Lipinski definition) is 7. The Kier molecular flexibility index (Phi) is 8.37. The Hall–Kier alpha value is -2.23. The Morgan fingerprint density at radius 3 is 2.18 bits per heavy atom. The summed E-state index contributed by atoms with van der Waals surface area (Å²) in [5, 5.41) is 3.79. The molecule has 0 atom stereocenters. The summed E-state index contributed by atoms with van der Waals surface area (Å²) < 4.78 is 28.6. The van der Waals surface area contributed by atoms with Gasteiger partial charge < -0.3 is 15.1 Å². The third-order valence-electron chi connectivity index (χ3n) is 9.24. The molecule has 8 nitrogen and oxygen atoms in total. The van der Waals surface area contributed by atoms with E-state index in [0.717, 1.165) is 61.8 Å². The maximum absolute atomic E-state index is 13.5. The number of rotatable bonds is 6. The third-order valence-corrected chi connectivity index (χ3v) is 11.1. The second-order valence-corrected chi connectivity index (χ2v) is 13.8. The first kappa shape index (κ1) is 27.0. The van der Waals surface area contributed by atoms with Crippen LogP contribution in [0.2, 0.25) is 0 Å². The van der Waals surface area contributed by atoms with Crippen LogP contribution in [0.1, 0.15) is 81.9 Å². The first-order valence-electron chi connectivity index (χ1n) is 15.3. The van der Waals surface area contributed by atoms with Gasteiger partial charge in [0.1, 0.15) is 5.82 Å². The van der Waals surface area contributed by atoms with E-state index in [1.165, 1.54) is 58.0 Å². The smallest absolute Gasteiger partial charge is 0.243 e. The van der Waals surface area contributed by atoms with Gasteiger partial charge in [0.15, 0.2) is 0 Å². The Morgan fingerprint density at radius 2 is 1.46 bits per heavy atom. The molecular weight excluding hydrogens is 508 g/mol. The molecule has 4 aliphatic rings. The average Bonchev–Trinajstić information content (AvgIpc) is 3.26. The molecule has 0 amide bonds. The molecule has 3 aliphatic heterocycles. The molecule has 0 spiro atoms. The zero-order chi connectivity index (χ0) is 26.7. The van der Waals surface area contributed by atoms with Gasteiger partial charge in [0.05, 0.1) is 10.6 Å². The van der Waals surface area contributed by atoms with E-state index in [0.29, 0.717) is 36.5 Å². The molecule has 0 radical (unpaired) electrons. The van der Waals surface area contributed by atoms with Crippen molar-refractivity contribution < 1.29 is 8.42 Å². The second-order valence-electron chi connectivity index (χ2n) is 11.8. The lowest BCUT2D eigenvalue weighted by atomic mass is 10.00. The summed E-state index contributed by atoms with van der Waals surface area (Å²) >= 11 is 0. The number of likely N-dealkylation sites (tertiary alicyclic amines) is 1. The summed E-state index contributed by atoms with van der Waals surface area (Å²) in [6.07, 6.45) is 14.3. The van der Waals surface area contributed by atoms with Gasteiger partial charge in [0, 0.05) is 50.2 Å². The number of piperidine rings is 2. The first-order chi connectivity index (χ1) is 19.1. The van der Waals surface area contributed by atoms with Gasteiger partial charge in [-0.25, -0.2) is 13.4 Å². The van der Waals surface area contributed by atoms with E-state index in [9.17, 15) is 8.42 Å². The molecule has 3 fully saturated rings. The minimum atomic E-state index is -3.57. The largest absolute Gasteiger partial charge is 0.367 e. The van der Waals surface area contributed by atoms with Crippen LogP contribution in [0, 0.1) is 0 Å². The molecule has 212 valence electrons. The molecule has 6 rings (SSSR count). The minimum absolute atomic E-state index is 0.318. The Balaban J connectivity index is 1.24. The molecule has 0 bridgehead atoms. The summed E-state index contributed by atoms with van der Waals surface area (Å²) in [5.74, 6) is 1.68.